The Morgan fingerprint density at radius 2 is 1.88 bits per heavy atom. The van der Waals surface area contributed by atoms with Crippen molar-refractivity contribution in [1.29, 1.82) is 0 Å². The van der Waals surface area contributed by atoms with Crippen molar-refractivity contribution in [3.8, 4) is 0 Å². The number of aliphatic hydroxyl groups is 2. The molecule has 1 unspecified atom stereocenters. The van der Waals surface area contributed by atoms with Gasteiger partial charge in [-0.15, -0.1) is 0 Å². The summed E-state index contributed by atoms with van der Waals surface area (Å²) in [5.41, 5.74) is 1.85. The van der Waals surface area contributed by atoms with Crippen molar-refractivity contribution in [2.75, 3.05) is 44.0 Å². The van der Waals surface area contributed by atoms with Crippen LogP contribution in [0, 0.1) is 0 Å². The average Bonchev–Trinajstić information content (AvgIpc) is 2.37. The van der Waals surface area contributed by atoms with Crippen molar-refractivity contribution in [3.05, 3.63) is 24.3 Å². The Kier molecular flexibility index (Phi) is 6.39. The molecule has 1 rings (SSSR count). The van der Waals surface area contributed by atoms with Crippen LogP contribution in [0.1, 0.15) is 0 Å². The number of nitrogens with one attached hydrogen (secondary N) is 2. The Bertz CT molecular complexity index is 320. The van der Waals surface area contributed by atoms with E-state index < -0.39 is 6.10 Å². The molecular formula is C12H20N2O3. The molecule has 0 aliphatic rings. The van der Waals surface area contributed by atoms with Gasteiger partial charge in [-0.3, -0.25) is 0 Å². The van der Waals surface area contributed by atoms with E-state index in [1.807, 2.05) is 24.3 Å². The molecule has 0 radical (unpaired) electrons. The van der Waals surface area contributed by atoms with Gasteiger partial charge >= 0.3 is 0 Å². The molecule has 1 aromatic rings. The third kappa shape index (κ3) is 5.04. The first-order chi connectivity index (χ1) is 8.27. The number of hydrogen-bond acceptors (Lipinski definition) is 5. The van der Waals surface area contributed by atoms with Gasteiger partial charge in [0.15, 0.2) is 0 Å². The van der Waals surface area contributed by atoms with Gasteiger partial charge in [0.25, 0.3) is 0 Å². The van der Waals surface area contributed by atoms with Gasteiger partial charge in [0.2, 0.25) is 0 Å². The van der Waals surface area contributed by atoms with Crippen LogP contribution in [0.15, 0.2) is 24.3 Å². The topological polar surface area (TPSA) is 73.8 Å². The summed E-state index contributed by atoms with van der Waals surface area (Å²) in [6.07, 6.45) is -0.748. The van der Waals surface area contributed by atoms with Gasteiger partial charge in [0.05, 0.1) is 30.7 Å². The Balaban J connectivity index is 2.51. The van der Waals surface area contributed by atoms with E-state index in [4.69, 9.17) is 9.84 Å². The normalized spacial score (nSPS) is 12.2. The zero-order chi connectivity index (χ0) is 12.5. The summed E-state index contributed by atoms with van der Waals surface area (Å²) in [4.78, 5) is 0. The monoisotopic (exact) mass is 240 g/mol. The van der Waals surface area contributed by atoms with Gasteiger partial charge in [-0.2, -0.15) is 0 Å². The molecule has 1 aromatic carbocycles. The fourth-order valence-corrected chi connectivity index (χ4v) is 1.37. The minimum Gasteiger partial charge on any atom is -0.394 e. The first-order valence-electron chi connectivity index (χ1n) is 5.62. The zero-order valence-electron chi connectivity index (χ0n) is 10.0. The van der Waals surface area contributed by atoms with Crippen molar-refractivity contribution in [3.63, 3.8) is 0 Å². The molecule has 0 heterocycles. The highest BCUT2D eigenvalue weighted by Crippen LogP contribution is 2.20. The molecule has 5 nitrogen and oxygen atoms in total. The summed E-state index contributed by atoms with van der Waals surface area (Å²) in [5.74, 6) is 0. The molecule has 5 heteroatoms. The van der Waals surface area contributed by atoms with Crippen LogP contribution in [-0.2, 0) is 4.74 Å². The van der Waals surface area contributed by atoms with Crippen molar-refractivity contribution in [1.82, 2.24) is 0 Å². The number of anilines is 2. The smallest absolute Gasteiger partial charge is 0.0942 e. The molecule has 1 atom stereocenters. The lowest BCUT2D eigenvalue weighted by molar-refractivity contribution is 0.105. The van der Waals surface area contributed by atoms with E-state index in [9.17, 15) is 5.11 Å². The first kappa shape index (κ1) is 13.8. The van der Waals surface area contributed by atoms with Crippen molar-refractivity contribution >= 4 is 11.4 Å². The standard InChI is InChI=1S/C12H20N2O3/c1-17-7-6-13-11-4-2-3-5-12(11)14-8-10(16)9-15/h2-5,10,13-16H,6-9H2,1H3. The maximum Gasteiger partial charge on any atom is 0.0942 e. The highest BCUT2D eigenvalue weighted by atomic mass is 16.5. The van der Waals surface area contributed by atoms with Crippen LogP contribution in [-0.4, -0.2) is 49.7 Å². The molecule has 0 spiro atoms. The van der Waals surface area contributed by atoms with Crippen LogP contribution in [0.2, 0.25) is 0 Å². The number of benzene rings is 1. The van der Waals surface area contributed by atoms with E-state index in [1.165, 1.54) is 0 Å². The van der Waals surface area contributed by atoms with Crippen molar-refractivity contribution < 1.29 is 14.9 Å². The minimum atomic E-state index is -0.748. The SMILES string of the molecule is COCCNc1ccccc1NCC(O)CO. The summed E-state index contributed by atoms with van der Waals surface area (Å²) >= 11 is 0. The number of methoxy groups -OCH3 is 1. The minimum absolute atomic E-state index is 0.244. The maximum absolute atomic E-state index is 9.27. The molecule has 17 heavy (non-hydrogen) atoms. The summed E-state index contributed by atoms with van der Waals surface area (Å²) in [6.45, 7) is 1.43. The number of aliphatic hydroxyl groups excluding tert-OH is 2. The molecular weight excluding hydrogens is 220 g/mol. The summed E-state index contributed by atoms with van der Waals surface area (Å²) in [5, 5.41) is 24.3. The van der Waals surface area contributed by atoms with Crippen LogP contribution >= 0.6 is 0 Å². The number of para-hydroxylation sites is 2. The molecule has 0 saturated carbocycles. The molecule has 0 amide bonds. The largest absolute Gasteiger partial charge is 0.394 e. The zero-order valence-corrected chi connectivity index (χ0v) is 10.0. The third-order valence-electron chi connectivity index (χ3n) is 2.29. The Morgan fingerprint density at radius 3 is 2.47 bits per heavy atom. The second-order valence-corrected chi connectivity index (χ2v) is 3.68. The van der Waals surface area contributed by atoms with E-state index in [0.717, 1.165) is 17.9 Å². The first-order valence-corrected chi connectivity index (χ1v) is 5.62. The molecule has 0 fully saturated rings. The summed E-state index contributed by atoms with van der Waals surface area (Å²) < 4.78 is 4.96. The van der Waals surface area contributed by atoms with Gasteiger partial charge in [-0.25, -0.2) is 0 Å². The highest BCUT2D eigenvalue weighted by molar-refractivity contribution is 5.68. The van der Waals surface area contributed by atoms with E-state index in [2.05, 4.69) is 10.6 Å². The van der Waals surface area contributed by atoms with Crippen molar-refractivity contribution in [2.45, 2.75) is 6.10 Å². The van der Waals surface area contributed by atoms with Gasteiger partial charge in [-0.05, 0) is 12.1 Å². The fourth-order valence-electron chi connectivity index (χ4n) is 1.37. The van der Waals surface area contributed by atoms with Crippen molar-refractivity contribution in [2.24, 2.45) is 0 Å². The van der Waals surface area contributed by atoms with Gasteiger partial charge in [0, 0.05) is 20.2 Å². The molecule has 96 valence electrons. The molecule has 0 saturated heterocycles. The molecule has 0 aromatic heterocycles. The second-order valence-electron chi connectivity index (χ2n) is 3.68. The third-order valence-corrected chi connectivity index (χ3v) is 2.29. The predicted octanol–water partition coefficient (Wildman–Crippen LogP) is 0.510. The lowest BCUT2D eigenvalue weighted by atomic mass is 10.2. The lowest BCUT2D eigenvalue weighted by Crippen LogP contribution is -2.23. The second kappa shape index (κ2) is 7.89. The van der Waals surface area contributed by atoms with E-state index in [1.54, 1.807) is 7.11 Å². The maximum atomic E-state index is 9.27. The Hall–Kier alpha value is -1.30. The average molecular weight is 240 g/mol. The lowest BCUT2D eigenvalue weighted by Gasteiger charge is -2.15. The van der Waals surface area contributed by atoms with Gasteiger partial charge < -0.3 is 25.6 Å². The Labute approximate surface area is 101 Å². The van der Waals surface area contributed by atoms with Gasteiger partial charge in [0.1, 0.15) is 0 Å². The Morgan fingerprint density at radius 1 is 1.24 bits per heavy atom. The molecule has 0 aliphatic heterocycles. The number of hydrogen-bond donors (Lipinski definition) is 4. The quantitative estimate of drug-likeness (QED) is 0.498. The van der Waals surface area contributed by atoms with Crippen LogP contribution in [0.4, 0.5) is 11.4 Å². The van der Waals surface area contributed by atoms with Crippen LogP contribution in [0.5, 0.6) is 0 Å². The van der Waals surface area contributed by atoms with E-state index in [0.29, 0.717) is 13.2 Å². The number of rotatable bonds is 8. The van der Waals surface area contributed by atoms with E-state index >= 15 is 0 Å². The molecule has 0 aliphatic carbocycles. The van der Waals surface area contributed by atoms with Gasteiger partial charge in [-0.1, -0.05) is 12.1 Å². The van der Waals surface area contributed by atoms with Crippen LogP contribution in [0.3, 0.4) is 0 Å². The number of ether oxygens (including phenoxy) is 1. The van der Waals surface area contributed by atoms with Crippen LogP contribution < -0.4 is 10.6 Å². The van der Waals surface area contributed by atoms with Crippen LogP contribution in [0.25, 0.3) is 0 Å². The summed E-state index contributed by atoms with van der Waals surface area (Å²) in [7, 11) is 1.66. The molecule has 0 bridgehead atoms. The summed E-state index contributed by atoms with van der Waals surface area (Å²) in [6, 6.07) is 7.71. The highest BCUT2D eigenvalue weighted by Gasteiger charge is 2.04. The molecule has 4 N–H and O–H groups in total. The fraction of sp³-hybridized carbons (Fsp3) is 0.500. The predicted molar refractivity (Wildman–Crippen MR) is 68.4 cm³/mol. The van der Waals surface area contributed by atoms with E-state index in [-0.39, 0.29) is 6.61 Å².